The Labute approximate surface area is 111 Å². The van der Waals surface area contributed by atoms with Crippen LogP contribution in [-0.2, 0) is 14.3 Å². The van der Waals surface area contributed by atoms with Crippen LogP contribution in [0.4, 0.5) is 5.69 Å². The number of carbonyl (C=O) groups is 2. The van der Waals surface area contributed by atoms with Gasteiger partial charge in [0.1, 0.15) is 0 Å². The number of hydrogen-bond acceptors (Lipinski definition) is 4. The summed E-state index contributed by atoms with van der Waals surface area (Å²) in [6.07, 6.45) is 0. The fourth-order valence-corrected chi connectivity index (χ4v) is 1.59. The van der Waals surface area contributed by atoms with Crippen LogP contribution in [-0.4, -0.2) is 30.2 Å². The lowest BCUT2D eigenvalue weighted by Crippen LogP contribution is -2.38. The zero-order chi connectivity index (χ0) is 13.0. The molecule has 5 nitrogen and oxygen atoms in total. The fraction of sp³-hybridized carbons (Fsp3) is 0.200. The molecule has 1 aromatic carbocycles. The molecular weight excluding hydrogens is 313 g/mol. The number of methoxy groups -OCH3 is 1. The lowest BCUT2D eigenvalue weighted by molar-refractivity contribution is -0.150. The minimum absolute atomic E-state index is 0.444. The second-order valence-corrected chi connectivity index (χ2v) is 4.33. The number of halogens is 2. The van der Waals surface area contributed by atoms with Crippen LogP contribution in [0.3, 0.4) is 0 Å². The number of nitrogens with one attached hydrogen (secondary N) is 1. The van der Waals surface area contributed by atoms with Crippen LogP contribution in [0.2, 0.25) is 5.02 Å². The minimum Gasteiger partial charge on any atom is -0.479 e. The van der Waals surface area contributed by atoms with Crippen LogP contribution in [0, 0.1) is 0 Å². The molecule has 0 aliphatic heterocycles. The van der Waals surface area contributed by atoms with Gasteiger partial charge in [0, 0.05) is 10.2 Å². The number of rotatable bonds is 4. The molecule has 1 aromatic rings. The summed E-state index contributed by atoms with van der Waals surface area (Å²) in [4.78, 5) is 22.1. The molecular formula is C10H9BrClNO4. The van der Waals surface area contributed by atoms with Crippen LogP contribution in [0.15, 0.2) is 22.7 Å². The molecule has 0 bridgehead atoms. The lowest BCUT2D eigenvalue weighted by atomic mass is 10.2. The van der Waals surface area contributed by atoms with E-state index in [1.165, 1.54) is 0 Å². The fourth-order valence-electron chi connectivity index (χ4n) is 1.09. The van der Waals surface area contributed by atoms with E-state index in [1.54, 1.807) is 18.2 Å². The van der Waals surface area contributed by atoms with E-state index in [1.807, 2.05) is 0 Å². The number of anilines is 1. The summed E-state index contributed by atoms with van der Waals surface area (Å²) in [5.41, 5.74) is 0.444. The number of benzene rings is 1. The molecule has 0 heterocycles. The van der Waals surface area contributed by atoms with Crippen LogP contribution in [0.25, 0.3) is 0 Å². The molecule has 0 saturated heterocycles. The molecule has 92 valence electrons. The lowest BCUT2D eigenvalue weighted by Gasteiger charge is -2.13. The van der Waals surface area contributed by atoms with Gasteiger partial charge in [-0.3, -0.25) is 0 Å². The van der Waals surface area contributed by atoms with E-state index in [4.69, 9.17) is 16.7 Å². The average Bonchev–Trinajstić information content (AvgIpc) is 2.29. The van der Waals surface area contributed by atoms with Gasteiger partial charge in [0.25, 0.3) is 0 Å². The number of hydrogen-bond donors (Lipinski definition) is 2. The van der Waals surface area contributed by atoms with Gasteiger partial charge in [-0.2, -0.15) is 0 Å². The highest BCUT2D eigenvalue weighted by atomic mass is 79.9. The average molecular weight is 323 g/mol. The van der Waals surface area contributed by atoms with Crippen molar-refractivity contribution in [1.82, 2.24) is 0 Å². The maximum Gasteiger partial charge on any atom is 0.340 e. The van der Waals surface area contributed by atoms with Crippen molar-refractivity contribution in [3.05, 3.63) is 27.7 Å². The molecule has 0 amide bonds. The normalized spacial score (nSPS) is 11.7. The number of ether oxygens (including phenoxy) is 1. The van der Waals surface area contributed by atoms with E-state index in [-0.39, 0.29) is 0 Å². The highest BCUT2D eigenvalue weighted by Crippen LogP contribution is 2.25. The first-order chi connectivity index (χ1) is 7.95. The summed E-state index contributed by atoms with van der Waals surface area (Å²) in [5.74, 6) is -2.19. The molecule has 1 rings (SSSR count). The van der Waals surface area contributed by atoms with Gasteiger partial charge in [0.15, 0.2) is 0 Å². The predicted octanol–water partition coefficient (Wildman–Crippen LogP) is 2.14. The molecule has 0 fully saturated rings. The summed E-state index contributed by atoms with van der Waals surface area (Å²) >= 11 is 8.98. The Hall–Kier alpha value is -1.27. The second-order valence-electron chi connectivity index (χ2n) is 3.07. The second kappa shape index (κ2) is 5.88. The van der Waals surface area contributed by atoms with Crippen molar-refractivity contribution in [3.8, 4) is 0 Å². The largest absolute Gasteiger partial charge is 0.479 e. The van der Waals surface area contributed by atoms with Crippen LogP contribution >= 0.6 is 27.5 Å². The highest BCUT2D eigenvalue weighted by molar-refractivity contribution is 9.10. The molecule has 7 heteroatoms. The van der Waals surface area contributed by atoms with Gasteiger partial charge < -0.3 is 15.2 Å². The monoisotopic (exact) mass is 321 g/mol. The summed E-state index contributed by atoms with van der Waals surface area (Å²) in [5, 5.41) is 11.9. The number of carbonyl (C=O) groups excluding carboxylic acids is 1. The molecule has 0 aromatic heterocycles. The maximum atomic E-state index is 11.2. The van der Waals surface area contributed by atoms with Crippen molar-refractivity contribution >= 4 is 45.2 Å². The molecule has 0 saturated carbocycles. The van der Waals surface area contributed by atoms with E-state index >= 15 is 0 Å². The van der Waals surface area contributed by atoms with E-state index in [9.17, 15) is 9.59 Å². The van der Waals surface area contributed by atoms with Gasteiger partial charge >= 0.3 is 11.9 Å². The molecule has 0 radical (unpaired) electrons. The Bertz CT molecular complexity index is 452. The minimum atomic E-state index is -1.45. The quantitative estimate of drug-likeness (QED) is 0.656. The molecule has 2 N–H and O–H groups in total. The summed E-state index contributed by atoms with van der Waals surface area (Å²) in [6, 6.07) is 3.25. The van der Waals surface area contributed by atoms with E-state index in [0.717, 1.165) is 7.11 Å². The predicted molar refractivity (Wildman–Crippen MR) is 66.2 cm³/mol. The first kappa shape index (κ1) is 13.8. The van der Waals surface area contributed by atoms with Gasteiger partial charge in [0.05, 0.1) is 12.1 Å². The van der Waals surface area contributed by atoms with Crippen molar-refractivity contribution in [1.29, 1.82) is 0 Å². The number of aliphatic carboxylic acids is 1. The Morgan fingerprint density at radius 2 is 2.18 bits per heavy atom. The molecule has 1 unspecified atom stereocenters. The molecule has 0 spiro atoms. The van der Waals surface area contributed by atoms with E-state index < -0.39 is 18.0 Å². The zero-order valence-corrected chi connectivity index (χ0v) is 11.1. The Morgan fingerprint density at radius 1 is 1.53 bits per heavy atom. The van der Waals surface area contributed by atoms with Gasteiger partial charge in [0.2, 0.25) is 6.04 Å². The Balaban J connectivity index is 2.90. The first-order valence-electron chi connectivity index (χ1n) is 4.48. The highest BCUT2D eigenvalue weighted by Gasteiger charge is 2.27. The SMILES string of the molecule is COC(=O)C(Nc1ccc(Cl)c(Br)c1)C(=O)O. The number of esters is 1. The standard InChI is InChI=1S/C10H9BrClNO4/c1-17-10(16)8(9(14)15)13-5-2-3-7(12)6(11)4-5/h2-4,8,13H,1H3,(H,14,15). The van der Waals surface area contributed by atoms with Crippen molar-refractivity contribution in [2.24, 2.45) is 0 Å². The Morgan fingerprint density at radius 3 is 2.65 bits per heavy atom. The third-order valence-corrected chi connectivity index (χ3v) is 3.13. The van der Waals surface area contributed by atoms with Crippen molar-refractivity contribution < 1.29 is 19.4 Å². The molecule has 0 aliphatic carbocycles. The van der Waals surface area contributed by atoms with Gasteiger partial charge in [-0.1, -0.05) is 11.6 Å². The van der Waals surface area contributed by atoms with Crippen molar-refractivity contribution in [3.63, 3.8) is 0 Å². The van der Waals surface area contributed by atoms with Crippen LogP contribution in [0.1, 0.15) is 0 Å². The van der Waals surface area contributed by atoms with Crippen LogP contribution in [0.5, 0.6) is 0 Å². The van der Waals surface area contributed by atoms with E-state index in [0.29, 0.717) is 15.2 Å². The molecule has 1 atom stereocenters. The van der Waals surface area contributed by atoms with Crippen LogP contribution < -0.4 is 5.32 Å². The maximum absolute atomic E-state index is 11.2. The van der Waals surface area contributed by atoms with E-state index in [2.05, 4.69) is 26.0 Å². The Kier molecular flexibility index (Phi) is 4.77. The summed E-state index contributed by atoms with van der Waals surface area (Å²) in [6.45, 7) is 0. The van der Waals surface area contributed by atoms with Crippen molar-refractivity contribution in [2.45, 2.75) is 6.04 Å². The summed E-state index contributed by atoms with van der Waals surface area (Å²) in [7, 11) is 1.12. The van der Waals surface area contributed by atoms with Crippen molar-refractivity contribution in [2.75, 3.05) is 12.4 Å². The third-order valence-electron chi connectivity index (χ3n) is 1.91. The third kappa shape index (κ3) is 3.61. The number of carboxylic acids is 1. The molecule has 0 aliphatic rings. The topological polar surface area (TPSA) is 75.6 Å². The first-order valence-corrected chi connectivity index (χ1v) is 5.65. The number of carboxylic acid groups (broad SMARTS) is 1. The van der Waals surface area contributed by atoms with Gasteiger partial charge in [-0.15, -0.1) is 0 Å². The van der Waals surface area contributed by atoms with Gasteiger partial charge in [-0.05, 0) is 34.1 Å². The zero-order valence-electron chi connectivity index (χ0n) is 8.74. The molecule has 17 heavy (non-hydrogen) atoms. The van der Waals surface area contributed by atoms with Gasteiger partial charge in [-0.25, -0.2) is 9.59 Å². The summed E-state index contributed by atoms with van der Waals surface area (Å²) < 4.78 is 4.98. The smallest absolute Gasteiger partial charge is 0.340 e.